The summed E-state index contributed by atoms with van der Waals surface area (Å²) in [6, 6.07) is 15.2. The molecular formula is C18H18OS3. The Hall–Kier alpha value is -0.840. The summed E-state index contributed by atoms with van der Waals surface area (Å²) in [5.74, 6) is 1.99. The van der Waals surface area contributed by atoms with E-state index >= 15 is 0 Å². The van der Waals surface area contributed by atoms with Gasteiger partial charge in [-0.15, -0.1) is 23.5 Å². The van der Waals surface area contributed by atoms with Gasteiger partial charge in [0.05, 0.1) is 4.58 Å². The van der Waals surface area contributed by atoms with Crippen molar-refractivity contribution in [3.63, 3.8) is 0 Å². The van der Waals surface area contributed by atoms with Crippen LogP contribution in [-0.2, 0) is 4.79 Å². The third-order valence-corrected chi connectivity index (χ3v) is 8.29. The largest absolute Gasteiger partial charge is 0.282 e. The van der Waals surface area contributed by atoms with Crippen molar-refractivity contribution < 1.29 is 4.79 Å². The summed E-state index contributed by atoms with van der Waals surface area (Å²) in [6.45, 7) is 5.49. The van der Waals surface area contributed by atoms with Gasteiger partial charge in [0.2, 0.25) is 5.12 Å². The summed E-state index contributed by atoms with van der Waals surface area (Å²) < 4.78 is 0.482. The Morgan fingerprint density at radius 2 is 2.05 bits per heavy atom. The van der Waals surface area contributed by atoms with Crippen LogP contribution < -0.4 is 0 Å². The van der Waals surface area contributed by atoms with Crippen LogP contribution in [-0.4, -0.2) is 21.9 Å². The fourth-order valence-electron chi connectivity index (χ4n) is 2.36. The number of carbonyl (C=O) groups is 1. The number of rotatable bonds is 4. The fraction of sp³-hybridized carbons (Fsp3) is 0.278. The maximum atomic E-state index is 11.6. The Morgan fingerprint density at radius 3 is 2.82 bits per heavy atom. The molecule has 4 heteroatoms. The van der Waals surface area contributed by atoms with Crippen LogP contribution in [0.3, 0.4) is 0 Å². The lowest BCUT2D eigenvalue weighted by molar-refractivity contribution is -0.107. The molecule has 0 saturated carbocycles. The van der Waals surface area contributed by atoms with Gasteiger partial charge in [0.15, 0.2) is 0 Å². The van der Waals surface area contributed by atoms with Crippen LogP contribution in [0.2, 0.25) is 0 Å². The first-order valence-corrected chi connectivity index (χ1v) is 10.2. The molecule has 0 amide bonds. The Labute approximate surface area is 144 Å². The number of thioether (sulfide) groups is 3. The molecule has 0 spiro atoms. The highest BCUT2D eigenvalue weighted by Gasteiger charge is 2.27. The molecule has 0 aromatic heterocycles. The molecule has 22 heavy (non-hydrogen) atoms. The van der Waals surface area contributed by atoms with E-state index < -0.39 is 0 Å². The molecule has 2 unspecified atom stereocenters. The number of benzene rings is 2. The number of hydrogen-bond acceptors (Lipinski definition) is 4. The molecule has 1 nitrogen and oxygen atoms in total. The lowest BCUT2D eigenvalue weighted by Crippen LogP contribution is -2.07. The van der Waals surface area contributed by atoms with Crippen LogP contribution in [0, 0.1) is 0 Å². The Bertz CT molecular complexity index is 710. The van der Waals surface area contributed by atoms with Crippen molar-refractivity contribution in [2.24, 2.45) is 0 Å². The first kappa shape index (κ1) is 16.0. The Balaban J connectivity index is 1.64. The summed E-state index contributed by atoms with van der Waals surface area (Å²) in [4.78, 5) is 11.6. The summed E-state index contributed by atoms with van der Waals surface area (Å²) in [6.07, 6.45) is 0. The van der Waals surface area contributed by atoms with Crippen molar-refractivity contribution in [3.05, 3.63) is 60.2 Å². The van der Waals surface area contributed by atoms with Crippen molar-refractivity contribution >= 4 is 51.2 Å². The van der Waals surface area contributed by atoms with Crippen LogP contribution in [0.25, 0.3) is 10.8 Å². The molecule has 1 saturated heterocycles. The fourth-order valence-corrected chi connectivity index (χ4v) is 6.80. The SMILES string of the molecule is C=C(C)C(=O)SCC1CSC(c2ccc3ccccc3c2)S1. The molecule has 2 aromatic carbocycles. The van der Waals surface area contributed by atoms with E-state index in [-0.39, 0.29) is 5.12 Å². The zero-order valence-electron chi connectivity index (χ0n) is 12.5. The summed E-state index contributed by atoms with van der Waals surface area (Å²) in [7, 11) is 0. The first-order chi connectivity index (χ1) is 10.6. The second-order valence-electron chi connectivity index (χ2n) is 5.41. The predicted molar refractivity (Wildman–Crippen MR) is 103 cm³/mol. The van der Waals surface area contributed by atoms with Crippen LogP contribution >= 0.6 is 35.3 Å². The van der Waals surface area contributed by atoms with Crippen molar-refractivity contribution in [1.82, 2.24) is 0 Å². The van der Waals surface area contributed by atoms with Gasteiger partial charge in [-0.2, -0.15) is 0 Å². The van der Waals surface area contributed by atoms with Crippen molar-refractivity contribution in [2.75, 3.05) is 11.5 Å². The van der Waals surface area contributed by atoms with E-state index in [4.69, 9.17) is 0 Å². The Kier molecular flexibility index (Phi) is 5.21. The number of carbonyl (C=O) groups excluding carboxylic acids is 1. The highest BCUT2D eigenvalue weighted by atomic mass is 32.2. The highest BCUT2D eigenvalue weighted by molar-refractivity contribution is 8.21. The monoisotopic (exact) mass is 346 g/mol. The topological polar surface area (TPSA) is 17.1 Å². The third-order valence-electron chi connectivity index (χ3n) is 3.54. The zero-order chi connectivity index (χ0) is 15.5. The van der Waals surface area contributed by atoms with E-state index in [1.807, 2.05) is 23.5 Å². The van der Waals surface area contributed by atoms with Crippen molar-refractivity contribution in [1.29, 1.82) is 0 Å². The number of hydrogen-bond donors (Lipinski definition) is 0. The van der Waals surface area contributed by atoms with Crippen LogP contribution in [0.1, 0.15) is 17.1 Å². The maximum Gasteiger partial charge on any atom is 0.214 e. The molecule has 2 aromatic rings. The normalized spacial score (nSPS) is 21.1. The molecular weight excluding hydrogens is 328 g/mol. The van der Waals surface area contributed by atoms with Gasteiger partial charge >= 0.3 is 0 Å². The number of fused-ring (bicyclic) bond motifs is 1. The van der Waals surface area contributed by atoms with Gasteiger partial charge < -0.3 is 0 Å². The molecule has 0 N–H and O–H groups in total. The van der Waals surface area contributed by atoms with Crippen LogP contribution in [0.15, 0.2) is 54.6 Å². The minimum absolute atomic E-state index is 0.125. The molecule has 1 aliphatic rings. The van der Waals surface area contributed by atoms with Gasteiger partial charge in [-0.05, 0) is 34.9 Å². The smallest absolute Gasteiger partial charge is 0.214 e. The molecule has 1 heterocycles. The van der Waals surface area contributed by atoms with Gasteiger partial charge in [0.1, 0.15) is 0 Å². The second-order valence-corrected chi connectivity index (χ2v) is 9.25. The zero-order valence-corrected chi connectivity index (χ0v) is 14.9. The molecule has 0 bridgehead atoms. The maximum absolute atomic E-state index is 11.6. The lowest BCUT2D eigenvalue weighted by Gasteiger charge is -2.11. The predicted octanol–water partition coefficient (Wildman–Crippen LogP) is 5.52. The van der Waals surface area contributed by atoms with Gasteiger partial charge in [-0.25, -0.2) is 0 Å². The first-order valence-electron chi connectivity index (χ1n) is 7.22. The van der Waals surface area contributed by atoms with E-state index in [9.17, 15) is 4.79 Å². The van der Waals surface area contributed by atoms with Gasteiger partial charge in [0, 0.05) is 16.8 Å². The van der Waals surface area contributed by atoms with E-state index in [0.29, 0.717) is 15.4 Å². The second kappa shape index (κ2) is 7.16. The average molecular weight is 347 g/mol. The van der Waals surface area contributed by atoms with E-state index in [1.165, 1.54) is 28.1 Å². The van der Waals surface area contributed by atoms with E-state index in [1.54, 1.807) is 6.92 Å². The van der Waals surface area contributed by atoms with Crippen molar-refractivity contribution in [2.45, 2.75) is 16.8 Å². The molecule has 3 rings (SSSR count). The van der Waals surface area contributed by atoms with E-state index in [0.717, 1.165) is 11.5 Å². The van der Waals surface area contributed by atoms with Gasteiger partial charge in [0.25, 0.3) is 0 Å². The van der Waals surface area contributed by atoms with Crippen LogP contribution in [0.5, 0.6) is 0 Å². The minimum Gasteiger partial charge on any atom is -0.282 e. The molecule has 2 atom stereocenters. The van der Waals surface area contributed by atoms with Crippen LogP contribution in [0.4, 0.5) is 0 Å². The molecule has 1 aliphatic heterocycles. The summed E-state index contributed by atoms with van der Waals surface area (Å²) in [5, 5.41) is 3.25. The highest BCUT2D eigenvalue weighted by Crippen LogP contribution is 2.50. The lowest BCUT2D eigenvalue weighted by atomic mass is 10.1. The average Bonchev–Trinajstić information content (AvgIpc) is 3.01. The van der Waals surface area contributed by atoms with Gasteiger partial charge in [-0.3, -0.25) is 4.79 Å². The summed E-state index contributed by atoms with van der Waals surface area (Å²) >= 11 is 5.38. The molecule has 0 radical (unpaired) electrons. The molecule has 1 fully saturated rings. The third kappa shape index (κ3) is 3.73. The van der Waals surface area contributed by atoms with E-state index in [2.05, 4.69) is 49.0 Å². The standard InChI is InChI=1S/C18H18OS3/c1-12(2)17(19)20-10-16-11-21-18(22-16)15-8-7-13-5-3-4-6-14(13)9-15/h3-9,16,18H,1,10-11H2,2H3. The Morgan fingerprint density at radius 1 is 1.27 bits per heavy atom. The summed E-state index contributed by atoms with van der Waals surface area (Å²) in [5.41, 5.74) is 2.03. The minimum atomic E-state index is 0.125. The quantitative estimate of drug-likeness (QED) is 0.677. The van der Waals surface area contributed by atoms with Crippen molar-refractivity contribution in [3.8, 4) is 0 Å². The van der Waals surface area contributed by atoms with Gasteiger partial charge in [-0.1, -0.05) is 54.7 Å². The molecule has 114 valence electrons. The molecule has 0 aliphatic carbocycles.